The Kier molecular flexibility index (Phi) is 5.72. The van der Waals surface area contributed by atoms with Crippen LogP contribution in [-0.4, -0.2) is 31.4 Å². The second-order valence-corrected chi connectivity index (χ2v) is 9.63. The molecule has 4 aromatic rings. The Bertz CT molecular complexity index is 1290. The molecule has 3 aromatic heterocycles. The van der Waals surface area contributed by atoms with Crippen LogP contribution in [0.4, 0.5) is 11.5 Å². The summed E-state index contributed by atoms with van der Waals surface area (Å²) in [6.45, 7) is 9.95. The van der Waals surface area contributed by atoms with Crippen LogP contribution in [0.2, 0.25) is 0 Å². The monoisotopic (exact) mass is 452 g/mol. The van der Waals surface area contributed by atoms with E-state index in [-0.39, 0.29) is 11.7 Å². The lowest BCUT2D eigenvalue weighted by Gasteiger charge is -2.07. The number of nitrogens with two attached hydrogens (primary N) is 1. The predicted octanol–water partition coefficient (Wildman–Crippen LogP) is 4.73. The Morgan fingerprint density at radius 3 is 2.55 bits per heavy atom. The second kappa shape index (κ2) is 8.32. The highest BCUT2D eigenvalue weighted by molar-refractivity contribution is 7.99. The Hall–Kier alpha value is -2.91. The summed E-state index contributed by atoms with van der Waals surface area (Å²) in [6.07, 6.45) is 0. The van der Waals surface area contributed by atoms with Gasteiger partial charge in [0.2, 0.25) is 5.91 Å². The molecule has 0 fully saturated rings. The van der Waals surface area contributed by atoms with E-state index < -0.39 is 0 Å². The average Bonchev–Trinajstić information content (AvgIpc) is 3.17. The van der Waals surface area contributed by atoms with Gasteiger partial charge in [-0.05, 0) is 52.3 Å². The van der Waals surface area contributed by atoms with E-state index in [1.807, 2.05) is 63.6 Å². The molecule has 160 valence electrons. The Labute approximate surface area is 189 Å². The summed E-state index contributed by atoms with van der Waals surface area (Å²) in [5.74, 6) is 0.504. The number of fused-ring (bicyclic) bond motifs is 1. The molecular formula is C22H24N6OS2. The van der Waals surface area contributed by atoms with Crippen molar-refractivity contribution in [1.82, 2.24) is 19.7 Å². The fraction of sp³-hybridized carbons (Fsp3) is 0.273. The van der Waals surface area contributed by atoms with Crippen molar-refractivity contribution < 1.29 is 4.79 Å². The van der Waals surface area contributed by atoms with Gasteiger partial charge in [0.25, 0.3) is 0 Å². The summed E-state index contributed by atoms with van der Waals surface area (Å²) in [5, 5.41) is 8.99. The molecule has 0 aliphatic carbocycles. The number of hydrogen-bond acceptors (Lipinski definition) is 7. The number of nitrogen functional groups attached to an aromatic ring is 1. The Morgan fingerprint density at radius 1 is 1.13 bits per heavy atom. The molecule has 0 unspecified atom stereocenters. The van der Waals surface area contributed by atoms with E-state index in [9.17, 15) is 4.79 Å². The summed E-state index contributed by atoms with van der Waals surface area (Å²) in [7, 11) is 0. The van der Waals surface area contributed by atoms with Crippen molar-refractivity contribution in [3.63, 3.8) is 0 Å². The van der Waals surface area contributed by atoms with Crippen molar-refractivity contribution in [2.45, 2.75) is 39.8 Å². The molecule has 0 radical (unpaired) electrons. The number of nitrogens with zero attached hydrogens (tertiary/aromatic N) is 4. The highest BCUT2D eigenvalue weighted by Gasteiger charge is 2.17. The number of hydrogen-bond donors (Lipinski definition) is 2. The highest BCUT2D eigenvalue weighted by Crippen LogP contribution is 2.33. The van der Waals surface area contributed by atoms with Crippen molar-refractivity contribution in [3.8, 4) is 5.69 Å². The standard InChI is InChI=1S/C22H24N6OS2/c1-11-6-8-16(9-7-11)28-14(4)19(13(3)27-28)24-17(29)10-30-22-25-20(23)18-12(2)15(5)31-21(18)26-22/h6-9H,10H2,1-5H3,(H,24,29)(H2,23,25,26). The van der Waals surface area contributed by atoms with E-state index in [2.05, 4.69) is 20.4 Å². The van der Waals surface area contributed by atoms with Gasteiger partial charge in [-0.15, -0.1) is 11.3 Å². The van der Waals surface area contributed by atoms with E-state index in [0.29, 0.717) is 11.0 Å². The lowest BCUT2D eigenvalue weighted by atomic mass is 10.2. The van der Waals surface area contributed by atoms with Crippen molar-refractivity contribution in [2.75, 3.05) is 16.8 Å². The third kappa shape index (κ3) is 4.15. The molecule has 0 atom stereocenters. The van der Waals surface area contributed by atoms with Crippen molar-refractivity contribution in [2.24, 2.45) is 0 Å². The molecule has 0 saturated carbocycles. The van der Waals surface area contributed by atoms with Crippen molar-refractivity contribution in [3.05, 3.63) is 51.7 Å². The minimum atomic E-state index is -0.138. The normalized spacial score (nSPS) is 11.3. The lowest BCUT2D eigenvalue weighted by Crippen LogP contribution is -2.15. The topological polar surface area (TPSA) is 98.7 Å². The van der Waals surface area contributed by atoms with Gasteiger partial charge in [-0.1, -0.05) is 29.5 Å². The molecule has 3 heterocycles. The number of aryl methyl sites for hydroxylation is 4. The maximum atomic E-state index is 12.6. The summed E-state index contributed by atoms with van der Waals surface area (Å²) >= 11 is 2.87. The van der Waals surface area contributed by atoms with Crippen LogP contribution in [0, 0.1) is 34.6 Å². The van der Waals surface area contributed by atoms with Crippen molar-refractivity contribution >= 4 is 50.7 Å². The molecule has 1 aromatic carbocycles. The van der Waals surface area contributed by atoms with Crippen molar-refractivity contribution in [1.29, 1.82) is 0 Å². The number of aromatic nitrogens is 4. The predicted molar refractivity (Wildman–Crippen MR) is 128 cm³/mol. The van der Waals surface area contributed by atoms with Crippen LogP contribution in [0.15, 0.2) is 29.4 Å². The number of amides is 1. The first-order valence-electron chi connectivity index (χ1n) is 9.83. The zero-order chi connectivity index (χ0) is 22.3. The lowest BCUT2D eigenvalue weighted by molar-refractivity contribution is -0.113. The summed E-state index contributed by atoms with van der Waals surface area (Å²) in [6, 6.07) is 8.11. The zero-order valence-corrected chi connectivity index (χ0v) is 19.7. The van der Waals surface area contributed by atoms with Crippen LogP contribution in [0.3, 0.4) is 0 Å². The fourth-order valence-electron chi connectivity index (χ4n) is 3.39. The third-order valence-corrected chi connectivity index (χ3v) is 7.15. The molecule has 4 rings (SSSR count). The van der Waals surface area contributed by atoms with E-state index in [1.54, 1.807) is 11.3 Å². The Balaban J connectivity index is 1.48. The molecule has 31 heavy (non-hydrogen) atoms. The molecular weight excluding hydrogens is 428 g/mol. The van der Waals surface area contributed by atoms with Crippen LogP contribution < -0.4 is 11.1 Å². The minimum absolute atomic E-state index is 0.138. The smallest absolute Gasteiger partial charge is 0.234 e. The molecule has 0 spiro atoms. The highest BCUT2D eigenvalue weighted by atomic mass is 32.2. The number of thioether (sulfide) groups is 1. The molecule has 9 heteroatoms. The van der Waals surface area contributed by atoms with Gasteiger partial charge in [0, 0.05) is 4.88 Å². The molecule has 1 amide bonds. The summed E-state index contributed by atoms with van der Waals surface area (Å²) < 4.78 is 1.84. The Morgan fingerprint density at radius 2 is 1.84 bits per heavy atom. The molecule has 0 aliphatic rings. The van der Waals surface area contributed by atoms with Gasteiger partial charge in [-0.25, -0.2) is 14.6 Å². The maximum absolute atomic E-state index is 12.6. The number of benzene rings is 1. The van der Waals surface area contributed by atoms with Crippen LogP contribution in [0.5, 0.6) is 0 Å². The number of carbonyl (C=O) groups is 1. The first-order valence-corrected chi connectivity index (χ1v) is 11.6. The largest absolute Gasteiger partial charge is 0.383 e. The summed E-state index contributed by atoms with van der Waals surface area (Å²) in [4.78, 5) is 23.6. The first kappa shape index (κ1) is 21.3. The number of anilines is 2. The molecule has 0 bridgehead atoms. The fourth-order valence-corrected chi connectivity index (χ4v) is 5.14. The second-order valence-electron chi connectivity index (χ2n) is 7.48. The zero-order valence-electron chi connectivity index (χ0n) is 18.1. The number of carbonyl (C=O) groups excluding carboxylic acids is 1. The van der Waals surface area contributed by atoms with Crippen LogP contribution in [-0.2, 0) is 4.79 Å². The molecule has 7 nitrogen and oxygen atoms in total. The van der Waals surface area contributed by atoms with Crippen LogP contribution >= 0.6 is 23.1 Å². The minimum Gasteiger partial charge on any atom is -0.383 e. The number of rotatable bonds is 5. The maximum Gasteiger partial charge on any atom is 0.234 e. The number of nitrogens with one attached hydrogen (secondary N) is 1. The molecule has 3 N–H and O–H groups in total. The van der Waals surface area contributed by atoms with Gasteiger partial charge < -0.3 is 11.1 Å². The van der Waals surface area contributed by atoms with Gasteiger partial charge in [0.15, 0.2) is 5.16 Å². The quantitative estimate of drug-likeness (QED) is 0.335. The molecule has 0 aliphatic heterocycles. The average molecular weight is 453 g/mol. The summed E-state index contributed by atoms with van der Waals surface area (Å²) in [5.41, 5.74) is 11.8. The third-order valence-electron chi connectivity index (χ3n) is 5.20. The van der Waals surface area contributed by atoms with E-state index in [1.165, 1.54) is 22.2 Å². The van der Waals surface area contributed by atoms with E-state index in [0.717, 1.165) is 38.5 Å². The van der Waals surface area contributed by atoms with Crippen LogP contribution in [0.1, 0.15) is 27.4 Å². The molecule has 0 saturated heterocycles. The van der Waals surface area contributed by atoms with Gasteiger partial charge in [-0.3, -0.25) is 4.79 Å². The first-order chi connectivity index (χ1) is 14.7. The van der Waals surface area contributed by atoms with E-state index in [4.69, 9.17) is 5.73 Å². The van der Waals surface area contributed by atoms with Crippen LogP contribution in [0.25, 0.3) is 15.9 Å². The van der Waals surface area contributed by atoms with Gasteiger partial charge >= 0.3 is 0 Å². The van der Waals surface area contributed by atoms with Gasteiger partial charge in [0.1, 0.15) is 10.6 Å². The SMILES string of the molecule is Cc1ccc(-n2nc(C)c(NC(=O)CSc3nc(N)c4c(C)c(C)sc4n3)c2C)cc1. The van der Waals surface area contributed by atoms with Gasteiger partial charge in [0.05, 0.1) is 33.9 Å². The van der Waals surface area contributed by atoms with Gasteiger partial charge in [-0.2, -0.15) is 5.10 Å². The van der Waals surface area contributed by atoms with E-state index >= 15 is 0 Å². The number of thiophene rings is 1.